The summed E-state index contributed by atoms with van der Waals surface area (Å²) < 4.78 is 5.38. The summed E-state index contributed by atoms with van der Waals surface area (Å²) in [6, 6.07) is 15.6. The van der Waals surface area contributed by atoms with Gasteiger partial charge in [0.2, 0.25) is 11.8 Å². The Kier molecular flexibility index (Phi) is 8.03. The summed E-state index contributed by atoms with van der Waals surface area (Å²) in [6.45, 7) is 7.67. The minimum atomic E-state index is -0.156. The number of ether oxygens (including phenoxy) is 1. The molecule has 2 amide bonds. The normalized spacial score (nSPS) is 14.0. The molecular weight excluding hydrogens is 392 g/mol. The maximum atomic E-state index is 12.4. The van der Waals surface area contributed by atoms with Crippen LogP contribution >= 0.6 is 0 Å². The van der Waals surface area contributed by atoms with Crippen LogP contribution in [0, 0.1) is 0 Å². The van der Waals surface area contributed by atoms with E-state index in [1.165, 1.54) is 0 Å². The lowest BCUT2D eigenvalue weighted by Crippen LogP contribution is -2.36. The molecular formula is C24H32N4O3. The number of nitrogens with one attached hydrogen (secondary N) is 2. The Balaban J connectivity index is 1.46. The first kappa shape index (κ1) is 22.8. The van der Waals surface area contributed by atoms with Crippen LogP contribution in [0.4, 0.5) is 17.1 Å². The summed E-state index contributed by atoms with van der Waals surface area (Å²) in [5, 5.41) is 5.85. The molecule has 1 saturated heterocycles. The van der Waals surface area contributed by atoms with Gasteiger partial charge in [-0.2, -0.15) is 0 Å². The molecule has 1 aliphatic heterocycles. The molecule has 166 valence electrons. The van der Waals surface area contributed by atoms with E-state index >= 15 is 0 Å². The summed E-state index contributed by atoms with van der Waals surface area (Å²) >= 11 is 0. The first-order valence-corrected chi connectivity index (χ1v) is 10.7. The standard InChI is InChI=1S/C24H32N4O3/c1-18(2)21-6-4-5-7-22(21)26-24(30)17-27(3)16-23(29)25-19-8-10-20(11-9-19)28-12-14-31-15-13-28/h4-11,18H,12-17H2,1-3H3,(H,25,29)(H,26,30). The van der Waals surface area contributed by atoms with Gasteiger partial charge in [0.25, 0.3) is 0 Å². The Labute approximate surface area is 184 Å². The van der Waals surface area contributed by atoms with Gasteiger partial charge in [-0.15, -0.1) is 0 Å². The van der Waals surface area contributed by atoms with E-state index in [9.17, 15) is 9.59 Å². The van der Waals surface area contributed by atoms with E-state index in [4.69, 9.17) is 4.74 Å². The molecule has 0 aliphatic carbocycles. The molecule has 31 heavy (non-hydrogen) atoms. The lowest BCUT2D eigenvalue weighted by atomic mass is 10.0. The van der Waals surface area contributed by atoms with Gasteiger partial charge < -0.3 is 20.3 Å². The third-order valence-corrected chi connectivity index (χ3v) is 5.21. The van der Waals surface area contributed by atoms with Crippen molar-refractivity contribution in [3.8, 4) is 0 Å². The molecule has 0 bridgehead atoms. The lowest BCUT2D eigenvalue weighted by Gasteiger charge is -2.28. The first-order valence-electron chi connectivity index (χ1n) is 10.7. The molecule has 7 heteroatoms. The van der Waals surface area contributed by atoms with Gasteiger partial charge in [-0.05, 0) is 48.9 Å². The average Bonchev–Trinajstić information content (AvgIpc) is 2.74. The Morgan fingerprint density at radius 1 is 0.968 bits per heavy atom. The zero-order valence-electron chi connectivity index (χ0n) is 18.6. The number of hydrogen-bond acceptors (Lipinski definition) is 5. The number of para-hydroxylation sites is 1. The van der Waals surface area contributed by atoms with Crippen molar-refractivity contribution in [2.75, 3.05) is 62.0 Å². The smallest absolute Gasteiger partial charge is 0.238 e. The largest absolute Gasteiger partial charge is 0.378 e. The van der Waals surface area contributed by atoms with Crippen molar-refractivity contribution >= 4 is 28.9 Å². The SMILES string of the molecule is CC(C)c1ccccc1NC(=O)CN(C)CC(=O)Nc1ccc(N2CCOCC2)cc1. The minimum absolute atomic E-state index is 0.129. The molecule has 0 saturated carbocycles. The number of anilines is 3. The minimum Gasteiger partial charge on any atom is -0.378 e. The number of amides is 2. The number of benzene rings is 2. The molecule has 1 fully saturated rings. The molecule has 0 atom stereocenters. The van der Waals surface area contributed by atoms with Crippen molar-refractivity contribution in [1.29, 1.82) is 0 Å². The third kappa shape index (κ3) is 6.80. The van der Waals surface area contributed by atoms with Gasteiger partial charge in [-0.3, -0.25) is 14.5 Å². The number of likely N-dealkylation sites (N-methyl/N-ethyl adjacent to an activating group) is 1. The van der Waals surface area contributed by atoms with Crippen LogP contribution in [0.2, 0.25) is 0 Å². The van der Waals surface area contributed by atoms with E-state index in [-0.39, 0.29) is 24.9 Å². The highest BCUT2D eigenvalue weighted by atomic mass is 16.5. The topological polar surface area (TPSA) is 73.9 Å². The highest BCUT2D eigenvalue weighted by molar-refractivity contribution is 5.95. The van der Waals surface area contributed by atoms with Crippen molar-refractivity contribution in [3.63, 3.8) is 0 Å². The van der Waals surface area contributed by atoms with Crippen LogP contribution in [-0.2, 0) is 14.3 Å². The third-order valence-electron chi connectivity index (χ3n) is 5.21. The first-order chi connectivity index (χ1) is 14.9. The summed E-state index contributed by atoms with van der Waals surface area (Å²) in [7, 11) is 1.76. The molecule has 1 aliphatic rings. The molecule has 0 aromatic heterocycles. The molecule has 7 nitrogen and oxygen atoms in total. The number of morpholine rings is 1. The number of carbonyl (C=O) groups is 2. The average molecular weight is 425 g/mol. The van der Waals surface area contributed by atoms with Crippen LogP contribution in [0.5, 0.6) is 0 Å². The number of nitrogens with zero attached hydrogens (tertiary/aromatic N) is 2. The summed E-state index contributed by atoms with van der Waals surface area (Å²) in [5.74, 6) is 0.0184. The molecule has 3 rings (SSSR count). The maximum Gasteiger partial charge on any atom is 0.238 e. The van der Waals surface area contributed by atoms with Gasteiger partial charge in [0.15, 0.2) is 0 Å². The number of rotatable bonds is 8. The predicted molar refractivity (Wildman–Crippen MR) is 125 cm³/mol. The molecule has 1 heterocycles. The van der Waals surface area contributed by atoms with Crippen LogP contribution in [0.25, 0.3) is 0 Å². The Morgan fingerprint density at radius 2 is 1.58 bits per heavy atom. The molecule has 2 aromatic rings. The molecule has 2 aromatic carbocycles. The van der Waals surface area contributed by atoms with E-state index < -0.39 is 0 Å². The second-order valence-electron chi connectivity index (χ2n) is 8.16. The van der Waals surface area contributed by atoms with Gasteiger partial charge in [-0.1, -0.05) is 32.0 Å². The van der Waals surface area contributed by atoms with Gasteiger partial charge in [0.1, 0.15) is 0 Å². The van der Waals surface area contributed by atoms with Crippen molar-refractivity contribution in [2.24, 2.45) is 0 Å². The zero-order chi connectivity index (χ0) is 22.2. The molecule has 0 radical (unpaired) electrons. The highest BCUT2D eigenvalue weighted by Crippen LogP contribution is 2.23. The van der Waals surface area contributed by atoms with Crippen molar-refractivity contribution in [2.45, 2.75) is 19.8 Å². The fourth-order valence-electron chi connectivity index (χ4n) is 3.63. The van der Waals surface area contributed by atoms with Crippen LogP contribution < -0.4 is 15.5 Å². The van der Waals surface area contributed by atoms with E-state index in [0.717, 1.165) is 48.9 Å². The van der Waals surface area contributed by atoms with Gasteiger partial charge in [-0.25, -0.2) is 0 Å². The second kappa shape index (κ2) is 10.9. The predicted octanol–water partition coefficient (Wildman–Crippen LogP) is 3.16. The number of carbonyl (C=O) groups excluding carboxylic acids is 2. The van der Waals surface area contributed by atoms with E-state index in [0.29, 0.717) is 5.92 Å². The van der Waals surface area contributed by atoms with Crippen LogP contribution in [-0.4, -0.2) is 63.2 Å². The van der Waals surface area contributed by atoms with Crippen molar-refractivity contribution < 1.29 is 14.3 Å². The zero-order valence-corrected chi connectivity index (χ0v) is 18.6. The monoisotopic (exact) mass is 424 g/mol. The van der Waals surface area contributed by atoms with Crippen molar-refractivity contribution in [1.82, 2.24) is 4.90 Å². The van der Waals surface area contributed by atoms with Gasteiger partial charge in [0.05, 0.1) is 26.3 Å². The van der Waals surface area contributed by atoms with Gasteiger partial charge in [0, 0.05) is 30.2 Å². The van der Waals surface area contributed by atoms with E-state index in [1.54, 1.807) is 11.9 Å². The summed E-state index contributed by atoms with van der Waals surface area (Å²) in [6.07, 6.45) is 0. The fraction of sp³-hybridized carbons (Fsp3) is 0.417. The van der Waals surface area contributed by atoms with Gasteiger partial charge >= 0.3 is 0 Å². The van der Waals surface area contributed by atoms with E-state index in [2.05, 4.69) is 29.4 Å². The number of hydrogen-bond donors (Lipinski definition) is 2. The van der Waals surface area contributed by atoms with E-state index in [1.807, 2.05) is 48.5 Å². The molecule has 0 spiro atoms. The second-order valence-corrected chi connectivity index (χ2v) is 8.16. The molecule has 2 N–H and O–H groups in total. The Hall–Kier alpha value is -2.90. The van der Waals surface area contributed by atoms with Crippen LogP contribution in [0.1, 0.15) is 25.3 Å². The Morgan fingerprint density at radius 3 is 2.23 bits per heavy atom. The van der Waals surface area contributed by atoms with Crippen molar-refractivity contribution in [3.05, 3.63) is 54.1 Å². The quantitative estimate of drug-likeness (QED) is 0.681. The Bertz CT molecular complexity index is 877. The fourth-order valence-corrected chi connectivity index (χ4v) is 3.63. The highest BCUT2D eigenvalue weighted by Gasteiger charge is 2.14. The maximum absolute atomic E-state index is 12.4. The van der Waals surface area contributed by atoms with Crippen LogP contribution in [0.3, 0.4) is 0 Å². The summed E-state index contributed by atoms with van der Waals surface area (Å²) in [4.78, 5) is 28.8. The summed E-state index contributed by atoms with van der Waals surface area (Å²) in [5.41, 5.74) is 3.78. The lowest BCUT2D eigenvalue weighted by molar-refractivity contribution is -0.119. The molecule has 0 unspecified atom stereocenters. The van der Waals surface area contributed by atoms with Crippen LogP contribution in [0.15, 0.2) is 48.5 Å².